The van der Waals surface area contributed by atoms with Crippen LogP contribution in [0.4, 0.5) is 15.9 Å². The fraction of sp³-hybridized carbons (Fsp3) is 0.111. The van der Waals surface area contributed by atoms with Crippen molar-refractivity contribution in [3.05, 3.63) is 48.3 Å². The third-order valence-corrected chi connectivity index (χ3v) is 4.09. The number of anilines is 2. The van der Waals surface area contributed by atoms with Crippen molar-refractivity contribution in [3.63, 3.8) is 0 Å². The number of rotatable bonds is 4. The standard InChI is InChI=1S/C18H16FN3O2/c1-23-15-8-10-7-14-17(13(10)9-16(15)24-2)21-22-18(14)20-12-5-3-11(19)4-6-12/h3-9,20-22H,1-2H3. The van der Waals surface area contributed by atoms with Crippen LogP contribution in [0.2, 0.25) is 0 Å². The Labute approximate surface area is 137 Å². The molecule has 6 heteroatoms. The van der Waals surface area contributed by atoms with E-state index in [2.05, 4.69) is 21.6 Å². The molecule has 5 nitrogen and oxygen atoms in total. The van der Waals surface area contributed by atoms with E-state index in [1.807, 2.05) is 12.1 Å². The molecule has 122 valence electrons. The summed E-state index contributed by atoms with van der Waals surface area (Å²) < 4.78 is 23.8. The lowest BCUT2D eigenvalue weighted by Crippen LogP contribution is -1.91. The summed E-state index contributed by atoms with van der Waals surface area (Å²) in [7, 11) is 3.24. The van der Waals surface area contributed by atoms with Crippen LogP contribution in [0.5, 0.6) is 11.5 Å². The van der Waals surface area contributed by atoms with E-state index >= 15 is 0 Å². The van der Waals surface area contributed by atoms with Gasteiger partial charge in [0.05, 0.1) is 19.9 Å². The zero-order valence-corrected chi connectivity index (χ0v) is 13.2. The van der Waals surface area contributed by atoms with Gasteiger partial charge in [0.25, 0.3) is 0 Å². The average molecular weight is 325 g/mol. The Hall–Kier alpha value is -3.15. The zero-order valence-electron chi connectivity index (χ0n) is 13.2. The van der Waals surface area contributed by atoms with Crippen molar-refractivity contribution in [3.8, 4) is 22.8 Å². The van der Waals surface area contributed by atoms with Gasteiger partial charge in [0.1, 0.15) is 11.6 Å². The Bertz CT molecular complexity index is 972. The maximum atomic E-state index is 13.0. The predicted molar refractivity (Wildman–Crippen MR) is 92.1 cm³/mol. The third-order valence-electron chi connectivity index (χ3n) is 4.09. The van der Waals surface area contributed by atoms with E-state index in [9.17, 15) is 4.39 Å². The quantitative estimate of drug-likeness (QED) is 0.518. The summed E-state index contributed by atoms with van der Waals surface area (Å²) in [6, 6.07) is 12.2. The molecule has 0 saturated heterocycles. The van der Waals surface area contributed by atoms with Crippen molar-refractivity contribution in [2.45, 2.75) is 0 Å². The van der Waals surface area contributed by atoms with Crippen molar-refractivity contribution < 1.29 is 13.9 Å². The summed E-state index contributed by atoms with van der Waals surface area (Å²) >= 11 is 0. The van der Waals surface area contributed by atoms with Crippen LogP contribution in [0.15, 0.2) is 42.5 Å². The summed E-state index contributed by atoms with van der Waals surface area (Å²) in [6.07, 6.45) is 0. The van der Waals surface area contributed by atoms with Gasteiger partial charge in [-0.15, -0.1) is 0 Å². The Morgan fingerprint density at radius 2 is 1.62 bits per heavy atom. The second-order valence-corrected chi connectivity index (χ2v) is 5.48. The Kier molecular flexibility index (Phi) is 3.30. The van der Waals surface area contributed by atoms with Crippen LogP contribution in [-0.4, -0.2) is 24.4 Å². The van der Waals surface area contributed by atoms with E-state index in [1.54, 1.807) is 26.4 Å². The van der Waals surface area contributed by atoms with E-state index in [0.717, 1.165) is 33.5 Å². The van der Waals surface area contributed by atoms with E-state index < -0.39 is 0 Å². The highest BCUT2D eigenvalue weighted by molar-refractivity contribution is 6.05. The molecule has 2 aliphatic rings. The predicted octanol–water partition coefficient (Wildman–Crippen LogP) is 4.50. The SMILES string of the molecule is COc1cc2cc3c(Nc4ccc(F)cc4)[nH][nH]c-3c2cc1OC. The minimum Gasteiger partial charge on any atom is -0.493 e. The summed E-state index contributed by atoms with van der Waals surface area (Å²) in [4.78, 5) is 0. The van der Waals surface area contributed by atoms with Gasteiger partial charge in [-0.3, -0.25) is 10.2 Å². The number of ether oxygens (including phenoxy) is 2. The van der Waals surface area contributed by atoms with E-state index in [-0.39, 0.29) is 5.82 Å². The van der Waals surface area contributed by atoms with E-state index in [0.29, 0.717) is 11.5 Å². The molecule has 0 saturated carbocycles. The monoisotopic (exact) mass is 325 g/mol. The molecule has 1 heterocycles. The minimum atomic E-state index is -0.262. The Morgan fingerprint density at radius 1 is 0.917 bits per heavy atom. The van der Waals surface area contributed by atoms with Crippen molar-refractivity contribution in [2.24, 2.45) is 0 Å². The van der Waals surface area contributed by atoms with Gasteiger partial charge in [0, 0.05) is 16.6 Å². The molecule has 24 heavy (non-hydrogen) atoms. The number of fused-ring (bicyclic) bond motifs is 3. The molecular formula is C18H16FN3O2. The van der Waals surface area contributed by atoms with E-state index in [4.69, 9.17) is 9.47 Å². The number of hydrogen-bond acceptors (Lipinski definition) is 3. The molecular weight excluding hydrogens is 309 g/mol. The number of H-pyrrole nitrogens is 2. The zero-order chi connectivity index (χ0) is 16.7. The number of hydrogen-bond donors (Lipinski definition) is 3. The first-order valence-corrected chi connectivity index (χ1v) is 7.47. The van der Waals surface area contributed by atoms with Gasteiger partial charge in [-0.2, -0.15) is 0 Å². The van der Waals surface area contributed by atoms with E-state index in [1.165, 1.54) is 12.1 Å². The molecule has 4 rings (SSSR count). The second-order valence-electron chi connectivity index (χ2n) is 5.48. The molecule has 1 aliphatic heterocycles. The average Bonchev–Trinajstić information content (AvgIpc) is 3.15. The van der Waals surface area contributed by atoms with Crippen LogP contribution in [0.25, 0.3) is 22.0 Å². The van der Waals surface area contributed by atoms with Crippen molar-refractivity contribution in [1.29, 1.82) is 0 Å². The summed E-state index contributed by atoms with van der Waals surface area (Å²) in [5.74, 6) is 1.92. The first kappa shape index (κ1) is 14.4. The van der Waals surface area contributed by atoms with Crippen LogP contribution < -0.4 is 14.8 Å². The number of aromatic amines is 2. The smallest absolute Gasteiger partial charge is 0.161 e. The lowest BCUT2D eigenvalue weighted by molar-refractivity contribution is 0.356. The largest absolute Gasteiger partial charge is 0.493 e. The fourth-order valence-electron chi connectivity index (χ4n) is 2.90. The molecule has 3 N–H and O–H groups in total. The maximum Gasteiger partial charge on any atom is 0.161 e. The number of aromatic nitrogens is 2. The lowest BCUT2D eigenvalue weighted by atomic mass is 10.2. The number of methoxy groups -OCH3 is 2. The first-order chi connectivity index (χ1) is 11.7. The highest BCUT2D eigenvalue weighted by Crippen LogP contribution is 2.42. The second kappa shape index (κ2) is 5.49. The van der Waals surface area contributed by atoms with Crippen LogP contribution in [0.3, 0.4) is 0 Å². The third kappa shape index (κ3) is 2.23. The maximum absolute atomic E-state index is 13.0. The molecule has 0 amide bonds. The van der Waals surface area contributed by atoms with Gasteiger partial charge >= 0.3 is 0 Å². The number of benzene rings is 2. The fourth-order valence-corrected chi connectivity index (χ4v) is 2.90. The first-order valence-electron chi connectivity index (χ1n) is 7.47. The van der Waals surface area contributed by atoms with Crippen LogP contribution in [0.1, 0.15) is 0 Å². The highest BCUT2D eigenvalue weighted by Gasteiger charge is 2.19. The molecule has 0 atom stereocenters. The normalized spacial score (nSPS) is 11.1. The topological polar surface area (TPSA) is 62.1 Å². The van der Waals surface area contributed by atoms with Crippen molar-refractivity contribution in [1.82, 2.24) is 10.2 Å². The van der Waals surface area contributed by atoms with Gasteiger partial charge in [-0.05, 0) is 47.9 Å². The Balaban J connectivity index is 1.78. The van der Waals surface area contributed by atoms with Crippen LogP contribution >= 0.6 is 0 Å². The summed E-state index contributed by atoms with van der Waals surface area (Å²) in [5, 5.41) is 11.6. The molecule has 0 radical (unpaired) electrons. The molecule has 0 bridgehead atoms. The number of nitrogens with one attached hydrogen (secondary N) is 3. The molecule has 1 aliphatic carbocycles. The van der Waals surface area contributed by atoms with Gasteiger partial charge in [-0.1, -0.05) is 0 Å². The van der Waals surface area contributed by atoms with Gasteiger partial charge < -0.3 is 14.8 Å². The lowest BCUT2D eigenvalue weighted by Gasteiger charge is -2.07. The molecule has 0 unspecified atom stereocenters. The van der Waals surface area contributed by atoms with Crippen molar-refractivity contribution in [2.75, 3.05) is 19.5 Å². The van der Waals surface area contributed by atoms with Gasteiger partial charge in [0.15, 0.2) is 11.5 Å². The molecule has 0 spiro atoms. The summed E-state index contributed by atoms with van der Waals surface area (Å²) in [6.45, 7) is 0. The van der Waals surface area contributed by atoms with Gasteiger partial charge in [0.2, 0.25) is 0 Å². The molecule has 2 aromatic carbocycles. The molecule has 2 aromatic rings. The van der Waals surface area contributed by atoms with Crippen LogP contribution in [-0.2, 0) is 0 Å². The highest BCUT2D eigenvalue weighted by atomic mass is 19.1. The van der Waals surface area contributed by atoms with Crippen molar-refractivity contribution >= 4 is 22.3 Å². The minimum absolute atomic E-state index is 0.262. The molecule has 0 aromatic heterocycles. The Morgan fingerprint density at radius 3 is 2.33 bits per heavy atom. The summed E-state index contributed by atoms with van der Waals surface area (Å²) in [5.41, 5.74) is 2.77. The molecule has 0 fully saturated rings. The number of halogens is 1. The van der Waals surface area contributed by atoms with Gasteiger partial charge in [-0.25, -0.2) is 4.39 Å². The van der Waals surface area contributed by atoms with Crippen LogP contribution in [0, 0.1) is 5.82 Å².